The van der Waals surface area contributed by atoms with Gasteiger partial charge in [0.2, 0.25) is 11.8 Å². The fraction of sp³-hybridized carbons (Fsp3) is 0.150. The maximum absolute atomic E-state index is 12.3. The van der Waals surface area contributed by atoms with Crippen LogP contribution in [0.15, 0.2) is 64.5 Å². The zero-order valence-electron chi connectivity index (χ0n) is 15.1. The summed E-state index contributed by atoms with van der Waals surface area (Å²) < 4.78 is 5.47. The lowest BCUT2D eigenvalue weighted by Crippen LogP contribution is -2.16. The number of anilines is 1. The number of H-pyrrole nitrogens is 1. The minimum absolute atomic E-state index is 0.00746. The number of hydrogen-bond acceptors (Lipinski definition) is 6. The van der Waals surface area contributed by atoms with Gasteiger partial charge in [-0.25, -0.2) is 0 Å². The van der Waals surface area contributed by atoms with Crippen LogP contribution < -0.4 is 15.6 Å². The second kappa shape index (κ2) is 9.09. The van der Waals surface area contributed by atoms with Crippen molar-refractivity contribution in [1.29, 1.82) is 0 Å². The van der Waals surface area contributed by atoms with Gasteiger partial charge in [-0.3, -0.25) is 9.59 Å². The number of nitrogens with one attached hydrogen (secondary N) is 2. The molecule has 0 fully saturated rings. The van der Waals surface area contributed by atoms with E-state index in [1.165, 1.54) is 0 Å². The van der Waals surface area contributed by atoms with E-state index in [0.717, 1.165) is 11.8 Å². The Hall–Kier alpha value is -3.26. The SMILES string of the molecule is CCOc1ccccc1NC(=O)CSc1nc(O)c(-c2ccccc2)c(=O)[nH]1. The van der Waals surface area contributed by atoms with E-state index in [-0.39, 0.29) is 28.3 Å². The number of carbonyl (C=O) groups is 1. The van der Waals surface area contributed by atoms with Gasteiger partial charge in [-0.1, -0.05) is 54.2 Å². The largest absolute Gasteiger partial charge is 0.493 e. The average Bonchev–Trinajstić information content (AvgIpc) is 2.68. The third-order valence-corrected chi connectivity index (χ3v) is 4.62. The van der Waals surface area contributed by atoms with Gasteiger partial charge in [-0.15, -0.1) is 0 Å². The van der Waals surface area contributed by atoms with Crippen LogP contribution in [0.3, 0.4) is 0 Å². The molecule has 0 aliphatic rings. The van der Waals surface area contributed by atoms with E-state index in [1.54, 1.807) is 42.5 Å². The van der Waals surface area contributed by atoms with E-state index >= 15 is 0 Å². The molecular formula is C20H19N3O4S. The molecule has 0 atom stereocenters. The number of rotatable bonds is 7. The van der Waals surface area contributed by atoms with E-state index < -0.39 is 5.56 Å². The zero-order chi connectivity index (χ0) is 19.9. The van der Waals surface area contributed by atoms with Crippen LogP contribution in [-0.2, 0) is 4.79 Å². The molecule has 0 aliphatic carbocycles. The molecule has 144 valence electrons. The zero-order valence-corrected chi connectivity index (χ0v) is 16.0. The molecule has 0 bridgehead atoms. The van der Waals surface area contributed by atoms with Crippen molar-refractivity contribution in [3.05, 3.63) is 65.0 Å². The summed E-state index contributed by atoms with van der Waals surface area (Å²) in [5.41, 5.74) is 0.762. The van der Waals surface area contributed by atoms with E-state index in [0.29, 0.717) is 23.6 Å². The second-order valence-electron chi connectivity index (χ2n) is 5.70. The maximum Gasteiger partial charge on any atom is 0.263 e. The Kier molecular flexibility index (Phi) is 6.33. The van der Waals surface area contributed by atoms with Crippen molar-refractivity contribution < 1.29 is 14.6 Å². The number of aromatic hydroxyl groups is 1. The molecule has 3 rings (SSSR count). The van der Waals surface area contributed by atoms with Gasteiger partial charge in [0.15, 0.2) is 5.16 Å². The van der Waals surface area contributed by atoms with Crippen molar-refractivity contribution in [3.63, 3.8) is 0 Å². The van der Waals surface area contributed by atoms with Crippen LogP contribution in [0.25, 0.3) is 11.1 Å². The summed E-state index contributed by atoms with van der Waals surface area (Å²) >= 11 is 1.02. The highest BCUT2D eigenvalue weighted by Crippen LogP contribution is 2.26. The third kappa shape index (κ3) is 4.72. The Bertz CT molecular complexity index is 1020. The highest BCUT2D eigenvalue weighted by atomic mass is 32.2. The minimum atomic E-state index is -0.469. The van der Waals surface area contributed by atoms with Crippen LogP contribution in [0.5, 0.6) is 11.6 Å². The van der Waals surface area contributed by atoms with Crippen LogP contribution in [0.2, 0.25) is 0 Å². The summed E-state index contributed by atoms with van der Waals surface area (Å²) in [6.45, 7) is 2.35. The van der Waals surface area contributed by atoms with Gasteiger partial charge in [0.25, 0.3) is 5.56 Å². The molecule has 0 saturated carbocycles. The number of benzene rings is 2. The number of amides is 1. The lowest BCUT2D eigenvalue weighted by atomic mass is 10.1. The van der Waals surface area contributed by atoms with Crippen LogP contribution in [0.4, 0.5) is 5.69 Å². The van der Waals surface area contributed by atoms with Crippen molar-refractivity contribution in [3.8, 4) is 22.8 Å². The quantitative estimate of drug-likeness (QED) is 0.418. The Labute approximate surface area is 165 Å². The van der Waals surface area contributed by atoms with Gasteiger partial charge in [0.05, 0.1) is 18.0 Å². The molecule has 1 amide bonds. The molecule has 8 heteroatoms. The summed E-state index contributed by atoms with van der Waals surface area (Å²) in [6.07, 6.45) is 0. The number of carbonyl (C=O) groups excluding carboxylic acids is 1. The molecule has 3 aromatic rings. The summed E-state index contributed by atoms with van der Waals surface area (Å²) in [4.78, 5) is 31.2. The number of hydrogen-bond donors (Lipinski definition) is 3. The lowest BCUT2D eigenvalue weighted by Gasteiger charge is -2.11. The van der Waals surface area contributed by atoms with Gasteiger partial charge < -0.3 is 20.1 Å². The highest BCUT2D eigenvalue weighted by Gasteiger charge is 2.14. The third-order valence-electron chi connectivity index (χ3n) is 3.74. The van der Waals surface area contributed by atoms with E-state index in [1.807, 2.05) is 19.1 Å². The fourth-order valence-corrected chi connectivity index (χ4v) is 3.20. The second-order valence-corrected chi connectivity index (χ2v) is 6.67. The molecular weight excluding hydrogens is 378 g/mol. The standard InChI is InChI=1S/C20H19N3O4S/c1-2-27-15-11-7-6-10-14(15)21-16(24)12-28-20-22-18(25)17(19(26)23-20)13-8-4-3-5-9-13/h3-11H,2,12H2,1H3,(H,21,24)(H2,22,23,25,26). The first kappa shape index (κ1) is 19.5. The molecule has 3 N–H and O–H groups in total. The number of thioether (sulfide) groups is 1. The topological polar surface area (TPSA) is 104 Å². The molecule has 1 aromatic heterocycles. The van der Waals surface area contributed by atoms with Crippen molar-refractivity contribution in [2.75, 3.05) is 17.7 Å². The summed E-state index contributed by atoms with van der Waals surface area (Å²) in [5.74, 6) is -0.0706. The molecule has 2 aromatic carbocycles. The summed E-state index contributed by atoms with van der Waals surface area (Å²) in [7, 11) is 0. The fourth-order valence-electron chi connectivity index (χ4n) is 2.55. The lowest BCUT2D eigenvalue weighted by molar-refractivity contribution is -0.113. The first-order chi connectivity index (χ1) is 13.6. The minimum Gasteiger partial charge on any atom is -0.493 e. The summed E-state index contributed by atoms with van der Waals surface area (Å²) in [5, 5.41) is 13.1. The smallest absolute Gasteiger partial charge is 0.263 e. The maximum atomic E-state index is 12.3. The first-order valence-corrected chi connectivity index (χ1v) is 9.60. The van der Waals surface area contributed by atoms with E-state index in [9.17, 15) is 14.7 Å². The summed E-state index contributed by atoms with van der Waals surface area (Å²) in [6, 6.07) is 15.9. The van der Waals surface area contributed by atoms with Gasteiger partial charge in [0, 0.05) is 0 Å². The van der Waals surface area contributed by atoms with Gasteiger partial charge >= 0.3 is 0 Å². The predicted octanol–water partition coefficient (Wildman–Crippen LogP) is 3.27. The highest BCUT2D eigenvalue weighted by molar-refractivity contribution is 7.99. The number of para-hydroxylation sites is 2. The molecule has 0 radical (unpaired) electrons. The van der Waals surface area contributed by atoms with Crippen LogP contribution in [-0.4, -0.2) is 33.3 Å². The molecule has 0 spiro atoms. The Morgan fingerprint density at radius 2 is 1.89 bits per heavy atom. The monoisotopic (exact) mass is 397 g/mol. The number of nitrogens with zero attached hydrogens (tertiary/aromatic N) is 1. The average molecular weight is 397 g/mol. The number of ether oxygens (including phenoxy) is 1. The number of aromatic amines is 1. The van der Waals surface area contributed by atoms with Crippen LogP contribution in [0, 0.1) is 0 Å². The van der Waals surface area contributed by atoms with Crippen LogP contribution >= 0.6 is 11.8 Å². The van der Waals surface area contributed by atoms with Gasteiger partial charge in [0.1, 0.15) is 11.3 Å². The van der Waals surface area contributed by atoms with Crippen LogP contribution in [0.1, 0.15) is 6.92 Å². The molecule has 28 heavy (non-hydrogen) atoms. The molecule has 0 unspecified atom stereocenters. The van der Waals surface area contributed by atoms with Crippen molar-refractivity contribution in [2.45, 2.75) is 12.1 Å². The van der Waals surface area contributed by atoms with Gasteiger partial charge in [-0.05, 0) is 24.6 Å². The Morgan fingerprint density at radius 3 is 2.61 bits per heavy atom. The van der Waals surface area contributed by atoms with Crippen molar-refractivity contribution in [2.24, 2.45) is 0 Å². The normalized spacial score (nSPS) is 10.5. The van der Waals surface area contributed by atoms with Crippen molar-refractivity contribution in [1.82, 2.24) is 9.97 Å². The predicted molar refractivity (Wildman–Crippen MR) is 109 cm³/mol. The Morgan fingerprint density at radius 1 is 1.18 bits per heavy atom. The number of aromatic nitrogens is 2. The van der Waals surface area contributed by atoms with E-state index in [2.05, 4.69) is 15.3 Å². The van der Waals surface area contributed by atoms with Crippen molar-refractivity contribution >= 4 is 23.4 Å². The van der Waals surface area contributed by atoms with Gasteiger partial charge in [-0.2, -0.15) is 4.98 Å². The molecule has 0 aliphatic heterocycles. The first-order valence-electron chi connectivity index (χ1n) is 8.61. The Balaban J connectivity index is 1.68. The molecule has 7 nitrogen and oxygen atoms in total. The molecule has 1 heterocycles. The van der Waals surface area contributed by atoms with E-state index in [4.69, 9.17) is 4.74 Å². The molecule has 0 saturated heterocycles.